The van der Waals surface area contributed by atoms with Crippen LogP contribution in [0.3, 0.4) is 0 Å². The van der Waals surface area contributed by atoms with Crippen molar-refractivity contribution in [1.82, 2.24) is 5.32 Å². The van der Waals surface area contributed by atoms with Gasteiger partial charge in [-0.25, -0.2) is 0 Å². The summed E-state index contributed by atoms with van der Waals surface area (Å²) in [5.41, 5.74) is 3.53. The number of rotatable bonds is 10. The van der Waals surface area contributed by atoms with Gasteiger partial charge in [0.15, 0.2) is 11.5 Å². The summed E-state index contributed by atoms with van der Waals surface area (Å²) in [5.74, 6) is 0.914. The Morgan fingerprint density at radius 3 is 2.24 bits per heavy atom. The molecule has 0 fully saturated rings. The summed E-state index contributed by atoms with van der Waals surface area (Å²) in [6, 6.07) is 20.1. The molecule has 3 rings (SSSR count). The lowest BCUT2D eigenvalue weighted by atomic mass is 10.1. The Kier molecular flexibility index (Phi) is 8.47. The highest BCUT2D eigenvalue weighted by atomic mass is 16.5. The van der Waals surface area contributed by atoms with Crippen molar-refractivity contribution >= 4 is 17.5 Å². The molecule has 0 spiro atoms. The molecule has 33 heavy (non-hydrogen) atoms. The van der Waals surface area contributed by atoms with Gasteiger partial charge in [-0.15, -0.1) is 0 Å². The van der Waals surface area contributed by atoms with Gasteiger partial charge in [-0.3, -0.25) is 9.59 Å². The second-order valence-electron chi connectivity index (χ2n) is 7.52. The van der Waals surface area contributed by atoms with Gasteiger partial charge < -0.3 is 20.1 Å². The van der Waals surface area contributed by atoms with Crippen LogP contribution in [0.15, 0.2) is 66.7 Å². The number of para-hydroxylation sites is 1. The molecule has 0 radical (unpaired) electrons. The van der Waals surface area contributed by atoms with Gasteiger partial charge in [-0.1, -0.05) is 35.9 Å². The fourth-order valence-electron chi connectivity index (χ4n) is 3.36. The van der Waals surface area contributed by atoms with Gasteiger partial charge >= 0.3 is 0 Å². The van der Waals surface area contributed by atoms with Gasteiger partial charge in [0.1, 0.15) is 0 Å². The number of nitrogens with one attached hydrogen (secondary N) is 2. The third-order valence-corrected chi connectivity index (χ3v) is 5.04. The number of aryl methyl sites for hydroxylation is 1. The molecular formula is C27H30N2O4. The van der Waals surface area contributed by atoms with Crippen LogP contribution in [0.2, 0.25) is 0 Å². The van der Waals surface area contributed by atoms with Gasteiger partial charge in [0.2, 0.25) is 0 Å². The summed E-state index contributed by atoms with van der Waals surface area (Å²) < 4.78 is 11.3. The molecule has 3 aromatic rings. The van der Waals surface area contributed by atoms with Crippen molar-refractivity contribution in [2.75, 3.05) is 25.1 Å². The first-order chi connectivity index (χ1) is 16.0. The number of ether oxygens (including phenoxy) is 2. The predicted octanol–water partition coefficient (Wildman–Crippen LogP) is 5.02. The highest BCUT2D eigenvalue weighted by Crippen LogP contribution is 2.28. The van der Waals surface area contributed by atoms with E-state index in [-0.39, 0.29) is 11.8 Å². The molecule has 6 nitrogen and oxygen atoms in total. The van der Waals surface area contributed by atoms with E-state index in [1.807, 2.05) is 51.1 Å². The lowest BCUT2D eigenvalue weighted by Gasteiger charge is -2.13. The van der Waals surface area contributed by atoms with Crippen molar-refractivity contribution in [1.29, 1.82) is 0 Å². The van der Waals surface area contributed by atoms with Crippen LogP contribution in [0.25, 0.3) is 0 Å². The second kappa shape index (κ2) is 11.7. The Hall–Kier alpha value is -3.80. The quantitative estimate of drug-likeness (QED) is 0.459. The van der Waals surface area contributed by atoms with E-state index in [9.17, 15) is 9.59 Å². The third kappa shape index (κ3) is 6.59. The van der Waals surface area contributed by atoms with E-state index in [4.69, 9.17) is 9.47 Å². The molecular weight excluding hydrogens is 416 g/mol. The van der Waals surface area contributed by atoms with Crippen LogP contribution < -0.4 is 20.1 Å². The molecule has 172 valence electrons. The molecule has 0 aromatic heterocycles. The first kappa shape index (κ1) is 23.9. The molecule has 0 atom stereocenters. The van der Waals surface area contributed by atoms with E-state index >= 15 is 0 Å². The van der Waals surface area contributed by atoms with E-state index in [2.05, 4.69) is 10.6 Å². The van der Waals surface area contributed by atoms with Crippen molar-refractivity contribution in [3.8, 4) is 11.5 Å². The van der Waals surface area contributed by atoms with Crippen molar-refractivity contribution in [2.45, 2.75) is 27.2 Å². The highest BCUT2D eigenvalue weighted by Gasteiger charge is 2.14. The SMILES string of the molecule is CCOc1ccc(CCNC(=O)c2ccccc2NC(=O)c2ccc(C)cc2)cc1OCC. The highest BCUT2D eigenvalue weighted by molar-refractivity contribution is 6.09. The topological polar surface area (TPSA) is 76.7 Å². The first-order valence-electron chi connectivity index (χ1n) is 11.2. The van der Waals surface area contributed by atoms with Crippen LogP contribution in [0, 0.1) is 6.92 Å². The molecule has 0 saturated heterocycles. The largest absolute Gasteiger partial charge is 0.490 e. The summed E-state index contributed by atoms with van der Waals surface area (Å²) in [6.07, 6.45) is 0.635. The third-order valence-electron chi connectivity index (χ3n) is 5.04. The Morgan fingerprint density at radius 2 is 1.52 bits per heavy atom. The number of carbonyl (C=O) groups is 2. The maximum atomic E-state index is 12.8. The van der Waals surface area contributed by atoms with Crippen LogP contribution in [0.4, 0.5) is 5.69 Å². The number of anilines is 1. The summed E-state index contributed by atoms with van der Waals surface area (Å²) in [5, 5.41) is 5.78. The summed E-state index contributed by atoms with van der Waals surface area (Å²) in [6.45, 7) is 7.38. The van der Waals surface area contributed by atoms with Crippen LogP contribution in [-0.2, 0) is 6.42 Å². The van der Waals surface area contributed by atoms with Gasteiger partial charge in [-0.05, 0) is 69.2 Å². The predicted molar refractivity (Wildman–Crippen MR) is 130 cm³/mol. The Balaban J connectivity index is 1.62. The molecule has 2 amide bonds. The maximum absolute atomic E-state index is 12.8. The van der Waals surface area contributed by atoms with Gasteiger partial charge in [0.25, 0.3) is 11.8 Å². The standard InChI is InChI=1S/C27H30N2O4/c1-4-32-24-15-12-20(18-25(24)33-5-2)16-17-28-27(31)22-8-6-7-9-23(22)29-26(30)21-13-10-19(3)11-14-21/h6-15,18H,4-5,16-17H2,1-3H3,(H,28,31)(H,29,30). The minimum atomic E-state index is -0.256. The molecule has 0 aliphatic carbocycles. The fourth-order valence-corrected chi connectivity index (χ4v) is 3.36. The van der Waals surface area contributed by atoms with Crippen LogP contribution in [-0.4, -0.2) is 31.6 Å². The van der Waals surface area contributed by atoms with Gasteiger partial charge in [0.05, 0.1) is 24.5 Å². The van der Waals surface area contributed by atoms with Crippen LogP contribution in [0.1, 0.15) is 45.7 Å². The number of hydrogen-bond acceptors (Lipinski definition) is 4. The smallest absolute Gasteiger partial charge is 0.255 e. The van der Waals surface area contributed by atoms with E-state index < -0.39 is 0 Å². The number of carbonyl (C=O) groups excluding carboxylic acids is 2. The molecule has 6 heteroatoms. The van der Waals surface area contributed by atoms with Crippen molar-refractivity contribution in [3.05, 3.63) is 89.0 Å². The van der Waals surface area contributed by atoms with Crippen molar-refractivity contribution < 1.29 is 19.1 Å². The second-order valence-corrected chi connectivity index (χ2v) is 7.52. The molecule has 0 bridgehead atoms. The van der Waals surface area contributed by atoms with Crippen LogP contribution in [0.5, 0.6) is 11.5 Å². The summed E-state index contributed by atoms with van der Waals surface area (Å²) in [4.78, 5) is 25.4. The van der Waals surface area contributed by atoms with Crippen LogP contribution >= 0.6 is 0 Å². The van der Waals surface area contributed by atoms with Gasteiger partial charge in [0, 0.05) is 12.1 Å². The fraction of sp³-hybridized carbons (Fsp3) is 0.259. The Bertz CT molecular complexity index is 1090. The normalized spacial score (nSPS) is 10.4. The first-order valence-corrected chi connectivity index (χ1v) is 11.2. The van der Waals surface area contributed by atoms with E-state index in [0.29, 0.717) is 54.5 Å². The van der Waals surface area contributed by atoms with Crippen molar-refractivity contribution in [2.24, 2.45) is 0 Å². The zero-order chi connectivity index (χ0) is 23.6. The maximum Gasteiger partial charge on any atom is 0.255 e. The number of benzene rings is 3. The Labute approximate surface area is 194 Å². The van der Waals surface area contributed by atoms with E-state index in [1.54, 1.807) is 36.4 Å². The monoisotopic (exact) mass is 446 g/mol. The Morgan fingerprint density at radius 1 is 0.818 bits per heavy atom. The van der Waals surface area contributed by atoms with Gasteiger partial charge in [-0.2, -0.15) is 0 Å². The zero-order valence-corrected chi connectivity index (χ0v) is 19.3. The molecule has 0 aliphatic rings. The minimum absolute atomic E-state index is 0.245. The van der Waals surface area contributed by atoms with E-state index in [0.717, 1.165) is 11.1 Å². The molecule has 0 saturated carbocycles. The average Bonchev–Trinajstić information content (AvgIpc) is 2.81. The molecule has 3 aromatic carbocycles. The van der Waals surface area contributed by atoms with Crippen molar-refractivity contribution in [3.63, 3.8) is 0 Å². The molecule has 0 heterocycles. The number of amides is 2. The molecule has 2 N–H and O–H groups in total. The molecule has 0 unspecified atom stereocenters. The number of hydrogen-bond donors (Lipinski definition) is 2. The summed E-state index contributed by atoms with van der Waals surface area (Å²) in [7, 11) is 0. The summed E-state index contributed by atoms with van der Waals surface area (Å²) >= 11 is 0. The molecule has 0 aliphatic heterocycles. The lowest BCUT2D eigenvalue weighted by molar-refractivity contribution is 0.0955. The zero-order valence-electron chi connectivity index (χ0n) is 19.3. The minimum Gasteiger partial charge on any atom is -0.490 e. The average molecular weight is 447 g/mol. The lowest BCUT2D eigenvalue weighted by Crippen LogP contribution is -2.27. The van der Waals surface area contributed by atoms with E-state index in [1.165, 1.54) is 0 Å².